The number of alkyl halides is 3. The lowest BCUT2D eigenvalue weighted by atomic mass is 9.67. The molecule has 0 bridgehead atoms. The lowest BCUT2D eigenvalue weighted by Crippen LogP contribution is -2.49. The van der Waals surface area contributed by atoms with Crippen molar-refractivity contribution < 1.29 is 18.3 Å². The zero-order valence-electron chi connectivity index (χ0n) is 18.9. The molecule has 5 rings (SSSR count). The number of aliphatic hydroxyl groups is 1. The minimum absolute atomic E-state index is 0.0271. The van der Waals surface area contributed by atoms with E-state index in [9.17, 15) is 18.3 Å². The Hall–Kier alpha value is -2.60. The van der Waals surface area contributed by atoms with E-state index < -0.39 is 16.5 Å². The van der Waals surface area contributed by atoms with E-state index in [4.69, 9.17) is 0 Å². The Morgan fingerprint density at radius 2 is 1.97 bits per heavy atom. The summed E-state index contributed by atoms with van der Waals surface area (Å²) in [5.74, 6) is 0.790. The van der Waals surface area contributed by atoms with Gasteiger partial charge in [-0.1, -0.05) is 6.42 Å². The highest BCUT2D eigenvalue weighted by Gasteiger charge is 2.62. The lowest BCUT2D eigenvalue weighted by Gasteiger charge is -2.42. The first-order valence-corrected chi connectivity index (χ1v) is 11.7. The summed E-state index contributed by atoms with van der Waals surface area (Å²) in [4.78, 5) is 7.99. The van der Waals surface area contributed by atoms with Crippen LogP contribution < -0.4 is 5.32 Å². The van der Waals surface area contributed by atoms with E-state index in [2.05, 4.69) is 38.1 Å². The molecule has 0 amide bonds. The number of aryl methyl sites for hydroxylation is 2. The van der Waals surface area contributed by atoms with E-state index in [0.29, 0.717) is 49.1 Å². The molecule has 0 radical (unpaired) electrons. The standard InChI is InChI=1S/C22H26F3N7OS/c1-13-10-26-19(28-20(2,34)12-33)27-16(13)14-9-15-17-29-30-18(21(5-3-6-21)22(23,24)25)32(17)8-4-7-31(15)11-14/h9-11,33-34H,3-8,12H2,1-2H3,(H,26,27,28)/t20-/m0/s1. The largest absolute Gasteiger partial charge is 0.401 e. The van der Waals surface area contributed by atoms with Crippen molar-refractivity contribution in [1.82, 2.24) is 29.3 Å². The van der Waals surface area contributed by atoms with Crippen molar-refractivity contribution in [2.45, 2.75) is 69.1 Å². The number of thiol groups is 1. The summed E-state index contributed by atoms with van der Waals surface area (Å²) in [7, 11) is 0. The van der Waals surface area contributed by atoms with Gasteiger partial charge in [-0.15, -0.1) is 22.8 Å². The highest BCUT2D eigenvalue weighted by atomic mass is 32.1. The Labute approximate surface area is 200 Å². The first kappa shape index (κ1) is 23.2. The van der Waals surface area contributed by atoms with Crippen molar-refractivity contribution in [1.29, 1.82) is 0 Å². The first-order chi connectivity index (χ1) is 16.0. The van der Waals surface area contributed by atoms with Gasteiger partial charge in [0.2, 0.25) is 5.95 Å². The molecule has 0 aromatic carbocycles. The minimum atomic E-state index is -4.36. The normalized spacial score (nSPS) is 18.9. The average Bonchev–Trinajstić information content (AvgIpc) is 3.28. The fourth-order valence-electron chi connectivity index (χ4n) is 4.71. The zero-order valence-corrected chi connectivity index (χ0v) is 19.8. The molecule has 2 aliphatic rings. The Morgan fingerprint density at radius 1 is 1.21 bits per heavy atom. The van der Waals surface area contributed by atoms with Gasteiger partial charge in [-0.2, -0.15) is 13.2 Å². The first-order valence-electron chi connectivity index (χ1n) is 11.2. The summed E-state index contributed by atoms with van der Waals surface area (Å²) >= 11 is 4.36. The smallest absolute Gasteiger partial charge is 0.393 e. The molecule has 1 atom stereocenters. The quantitative estimate of drug-likeness (QED) is 0.368. The number of nitrogens with zero attached hydrogens (tertiary/aromatic N) is 6. The van der Waals surface area contributed by atoms with Gasteiger partial charge in [-0.25, -0.2) is 9.97 Å². The number of hydrogen-bond acceptors (Lipinski definition) is 7. The molecule has 1 fully saturated rings. The molecule has 2 N–H and O–H groups in total. The van der Waals surface area contributed by atoms with E-state index in [1.165, 1.54) is 0 Å². The number of halogens is 3. The van der Waals surface area contributed by atoms with Crippen LogP contribution in [-0.4, -0.2) is 52.1 Å². The monoisotopic (exact) mass is 493 g/mol. The van der Waals surface area contributed by atoms with Gasteiger partial charge in [-0.3, -0.25) is 0 Å². The molecular formula is C22H26F3N7OS. The van der Waals surface area contributed by atoms with E-state index in [1.807, 2.05) is 23.8 Å². The molecule has 4 heterocycles. The Morgan fingerprint density at radius 3 is 2.62 bits per heavy atom. The maximum absolute atomic E-state index is 14.0. The SMILES string of the molecule is Cc1cnc(N[C@@](C)(S)CO)nc1-c1cc2n(c1)CCCn1c-2nnc1C1(C(F)(F)F)CCC1. The second-order valence-corrected chi connectivity index (χ2v) is 10.4. The van der Waals surface area contributed by atoms with Gasteiger partial charge in [-0.05, 0) is 44.7 Å². The molecule has 1 aliphatic heterocycles. The average molecular weight is 494 g/mol. The molecule has 182 valence electrons. The van der Waals surface area contributed by atoms with Crippen LogP contribution in [-0.2, 0) is 18.5 Å². The summed E-state index contributed by atoms with van der Waals surface area (Å²) in [6.07, 6.45) is 0.562. The second kappa shape index (κ2) is 7.98. The fraction of sp³-hybridized carbons (Fsp3) is 0.545. The molecule has 1 saturated carbocycles. The van der Waals surface area contributed by atoms with Gasteiger partial charge in [0, 0.05) is 31.0 Å². The van der Waals surface area contributed by atoms with Crippen molar-refractivity contribution in [3.05, 3.63) is 29.8 Å². The topological polar surface area (TPSA) is 93.7 Å². The molecule has 3 aromatic heterocycles. The highest BCUT2D eigenvalue weighted by molar-refractivity contribution is 7.82. The van der Waals surface area contributed by atoms with Gasteiger partial charge in [0.1, 0.15) is 16.1 Å². The van der Waals surface area contributed by atoms with E-state index in [1.54, 1.807) is 17.7 Å². The number of rotatable bonds is 5. The molecular weight excluding hydrogens is 467 g/mol. The van der Waals surface area contributed by atoms with Crippen LogP contribution in [0.2, 0.25) is 0 Å². The van der Waals surface area contributed by atoms with Gasteiger partial charge in [0.15, 0.2) is 5.82 Å². The van der Waals surface area contributed by atoms with Gasteiger partial charge < -0.3 is 19.6 Å². The molecule has 0 saturated heterocycles. The van der Waals surface area contributed by atoms with Crippen molar-refractivity contribution in [3.63, 3.8) is 0 Å². The fourth-order valence-corrected chi connectivity index (χ4v) is 4.81. The number of nitrogens with one attached hydrogen (secondary N) is 1. The third-order valence-corrected chi connectivity index (χ3v) is 7.02. The molecule has 12 heteroatoms. The summed E-state index contributed by atoms with van der Waals surface area (Å²) in [5, 5.41) is 20.8. The molecule has 8 nitrogen and oxygen atoms in total. The lowest BCUT2D eigenvalue weighted by molar-refractivity contribution is -0.216. The van der Waals surface area contributed by atoms with E-state index >= 15 is 0 Å². The number of hydrogen-bond donors (Lipinski definition) is 3. The molecule has 34 heavy (non-hydrogen) atoms. The second-order valence-electron chi connectivity index (χ2n) is 9.38. The van der Waals surface area contributed by atoms with E-state index in [-0.39, 0.29) is 25.3 Å². The van der Waals surface area contributed by atoms with Crippen molar-refractivity contribution >= 4 is 18.6 Å². The number of aliphatic hydroxyl groups excluding tert-OH is 1. The maximum Gasteiger partial charge on any atom is 0.401 e. The summed E-state index contributed by atoms with van der Waals surface area (Å²) in [6, 6.07) is 1.89. The van der Waals surface area contributed by atoms with Crippen LogP contribution in [0.3, 0.4) is 0 Å². The Balaban J connectivity index is 1.56. The van der Waals surface area contributed by atoms with Crippen LogP contribution in [0, 0.1) is 6.92 Å². The minimum Gasteiger partial charge on any atom is -0.393 e. The maximum atomic E-state index is 14.0. The van der Waals surface area contributed by atoms with Crippen LogP contribution in [0.4, 0.5) is 19.1 Å². The molecule has 0 spiro atoms. The van der Waals surface area contributed by atoms with Crippen LogP contribution >= 0.6 is 12.6 Å². The molecule has 0 unspecified atom stereocenters. The molecule has 3 aromatic rings. The third-order valence-electron chi connectivity index (χ3n) is 6.77. The van der Waals surface area contributed by atoms with Crippen molar-refractivity contribution in [2.75, 3.05) is 11.9 Å². The Bertz CT molecular complexity index is 1230. The highest BCUT2D eigenvalue weighted by Crippen LogP contribution is 2.54. The number of anilines is 1. The predicted octanol–water partition coefficient (Wildman–Crippen LogP) is 3.95. The molecule has 1 aliphatic carbocycles. The van der Waals surface area contributed by atoms with Gasteiger partial charge in [0.05, 0.1) is 18.0 Å². The van der Waals surface area contributed by atoms with Crippen LogP contribution in [0.15, 0.2) is 18.5 Å². The van der Waals surface area contributed by atoms with Crippen LogP contribution in [0.25, 0.3) is 22.8 Å². The zero-order chi connectivity index (χ0) is 24.3. The Kier molecular flexibility index (Phi) is 5.43. The summed E-state index contributed by atoms with van der Waals surface area (Å²) < 4.78 is 45.7. The number of fused-ring (bicyclic) bond motifs is 3. The van der Waals surface area contributed by atoms with Gasteiger partial charge in [0.25, 0.3) is 0 Å². The van der Waals surface area contributed by atoms with Gasteiger partial charge >= 0.3 is 6.18 Å². The van der Waals surface area contributed by atoms with Crippen LogP contribution in [0.5, 0.6) is 0 Å². The summed E-state index contributed by atoms with van der Waals surface area (Å²) in [5.41, 5.74) is 1.12. The van der Waals surface area contributed by atoms with Crippen LogP contribution in [0.1, 0.15) is 44.0 Å². The third kappa shape index (κ3) is 3.67. The predicted molar refractivity (Wildman–Crippen MR) is 124 cm³/mol. The number of aromatic nitrogens is 6. The summed E-state index contributed by atoms with van der Waals surface area (Å²) in [6.45, 7) is 4.46. The van der Waals surface area contributed by atoms with Crippen molar-refractivity contribution in [3.8, 4) is 22.8 Å². The van der Waals surface area contributed by atoms with Crippen molar-refractivity contribution in [2.24, 2.45) is 0 Å². The van der Waals surface area contributed by atoms with E-state index in [0.717, 1.165) is 11.1 Å².